The second-order valence-electron chi connectivity index (χ2n) is 6.39. The average Bonchev–Trinajstić information content (AvgIpc) is 3.40. The molecule has 0 aromatic heterocycles. The van der Waals surface area contributed by atoms with Gasteiger partial charge in [0.2, 0.25) is 6.79 Å². The Bertz CT molecular complexity index is 497. The van der Waals surface area contributed by atoms with Crippen molar-refractivity contribution in [3.63, 3.8) is 0 Å². The summed E-state index contributed by atoms with van der Waals surface area (Å²) in [4.78, 5) is 2.68. The highest BCUT2D eigenvalue weighted by atomic mass is 16.7. The topological polar surface area (TPSA) is 30.9 Å². The molecule has 1 aromatic carbocycles. The first kappa shape index (κ1) is 13.3. The molecule has 1 aromatic rings. The summed E-state index contributed by atoms with van der Waals surface area (Å²) in [5, 5.41) is 0. The Morgan fingerprint density at radius 1 is 1.10 bits per heavy atom. The van der Waals surface area contributed by atoms with Crippen LogP contribution in [0.1, 0.15) is 32.1 Å². The van der Waals surface area contributed by atoms with E-state index in [0.29, 0.717) is 6.79 Å². The summed E-state index contributed by atoms with van der Waals surface area (Å²) >= 11 is 0. The first-order valence-electron chi connectivity index (χ1n) is 8.15. The van der Waals surface area contributed by atoms with Gasteiger partial charge in [-0.1, -0.05) is 0 Å². The normalized spacial score (nSPS) is 20.0. The van der Waals surface area contributed by atoms with Crippen molar-refractivity contribution in [2.75, 3.05) is 26.5 Å². The maximum absolute atomic E-state index is 5.84. The lowest BCUT2D eigenvalue weighted by molar-refractivity contribution is 0.173. The van der Waals surface area contributed by atoms with Crippen LogP contribution in [0.5, 0.6) is 17.2 Å². The highest BCUT2D eigenvalue weighted by Gasteiger charge is 2.33. The van der Waals surface area contributed by atoms with Gasteiger partial charge in [0.05, 0.1) is 6.61 Å². The zero-order valence-corrected chi connectivity index (χ0v) is 12.4. The Morgan fingerprint density at radius 2 is 1.95 bits per heavy atom. The fourth-order valence-electron chi connectivity index (χ4n) is 2.92. The van der Waals surface area contributed by atoms with Crippen molar-refractivity contribution in [2.45, 2.75) is 38.1 Å². The van der Waals surface area contributed by atoms with Gasteiger partial charge in [0, 0.05) is 25.2 Å². The quantitative estimate of drug-likeness (QED) is 0.688. The zero-order chi connectivity index (χ0) is 14.1. The van der Waals surface area contributed by atoms with Gasteiger partial charge in [-0.15, -0.1) is 0 Å². The molecule has 1 heterocycles. The lowest BCUT2D eigenvalue weighted by Gasteiger charge is -2.21. The van der Waals surface area contributed by atoms with E-state index < -0.39 is 0 Å². The van der Waals surface area contributed by atoms with Crippen molar-refractivity contribution in [2.24, 2.45) is 5.92 Å². The maximum Gasteiger partial charge on any atom is 0.231 e. The lowest BCUT2D eigenvalue weighted by Crippen LogP contribution is -2.30. The molecular formula is C17H23NO3. The molecule has 21 heavy (non-hydrogen) atoms. The molecule has 2 fully saturated rings. The summed E-state index contributed by atoms with van der Waals surface area (Å²) in [6, 6.07) is 6.67. The van der Waals surface area contributed by atoms with Gasteiger partial charge in [0.25, 0.3) is 0 Å². The molecule has 0 atom stereocenters. The van der Waals surface area contributed by atoms with Gasteiger partial charge in [-0.25, -0.2) is 0 Å². The Kier molecular flexibility index (Phi) is 3.63. The van der Waals surface area contributed by atoms with Gasteiger partial charge in [-0.05, 0) is 50.2 Å². The van der Waals surface area contributed by atoms with Crippen LogP contribution in [0.25, 0.3) is 0 Å². The monoisotopic (exact) mass is 289 g/mol. The SMILES string of the molecule is c1cc2c(cc1OCCCN(CC1CC1)C1CC1)OCO2. The summed E-state index contributed by atoms with van der Waals surface area (Å²) in [6.07, 6.45) is 6.77. The molecule has 4 nitrogen and oxygen atoms in total. The Hall–Kier alpha value is -1.42. The van der Waals surface area contributed by atoms with E-state index in [4.69, 9.17) is 14.2 Å². The third kappa shape index (κ3) is 3.43. The predicted octanol–water partition coefficient (Wildman–Crippen LogP) is 3.06. The number of nitrogens with zero attached hydrogens (tertiary/aromatic N) is 1. The molecule has 0 radical (unpaired) electrons. The van der Waals surface area contributed by atoms with E-state index in [1.165, 1.54) is 38.8 Å². The van der Waals surface area contributed by atoms with E-state index in [-0.39, 0.29) is 0 Å². The van der Waals surface area contributed by atoms with Crippen molar-refractivity contribution in [3.8, 4) is 17.2 Å². The molecule has 4 rings (SSSR count). The minimum Gasteiger partial charge on any atom is -0.493 e. The summed E-state index contributed by atoms with van der Waals surface area (Å²) in [5.41, 5.74) is 0. The number of rotatable bonds is 8. The highest BCUT2D eigenvalue weighted by Crippen LogP contribution is 2.36. The number of hydrogen-bond donors (Lipinski definition) is 0. The number of fused-ring (bicyclic) bond motifs is 1. The van der Waals surface area contributed by atoms with Gasteiger partial charge in [0.15, 0.2) is 11.5 Å². The van der Waals surface area contributed by atoms with Crippen LogP contribution in [-0.2, 0) is 0 Å². The largest absolute Gasteiger partial charge is 0.493 e. The molecule has 3 aliphatic rings. The summed E-state index contributed by atoms with van der Waals surface area (Å²) in [7, 11) is 0. The molecule has 2 aliphatic carbocycles. The molecule has 114 valence electrons. The Balaban J connectivity index is 1.21. The molecule has 0 spiro atoms. The summed E-state index contributed by atoms with van der Waals surface area (Å²) < 4.78 is 16.5. The Labute approximate surface area is 126 Å². The molecule has 0 unspecified atom stereocenters. The van der Waals surface area contributed by atoms with Crippen LogP contribution in [0.3, 0.4) is 0 Å². The van der Waals surface area contributed by atoms with Crippen LogP contribution in [0.2, 0.25) is 0 Å². The van der Waals surface area contributed by atoms with Crippen molar-refractivity contribution in [1.82, 2.24) is 4.90 Å². The molecule has 1 aliphatic heterocycles. The lowest BCUT2D eigenvalue weighted by atomic mass is 10.3. The van der Waals surface area contributed by atoms with Crippen molar-refractivity contribution < 1.29 is 14.2 Å². The zero-order valence-electron chi connectivity index (χ0n) is 12.4. The second-order valence-corrected chi connectivity index (χ2v) is 6.39. The number of ether oxygens (including phenoxy) is 3. The van der Waals surface area contributed by atoms with Crippen LogP contribution >= 0.6 is 0 Å². The van der Waals surface area contributed by atoms with E-state index in [9.17, 15) is 0 Å². The predicted molar refractivity (Wildman–Crippen MR) is 80.0 cm³/mol. The molecule has 4 heteroatoms. The first-order valence-corrected chi connectivity index (χ1v) is 8.15. The van der Waals surface area contributed by atoms with Crippen LogP contribution in [0.4, 0.5) is 0 Å². The van der Waals surface area contributed by atoms with Gasteiger partial charge < -0.3 is 14.2 Å². The van der Waals surface area contributed by atoms with Gasteiger partial charge in [-0.2, -0.15) is 0 Å². The summed E-state index contributed by atoms with van der Waals surface area (Å²) in [5.74, 6) is 3.47. The third-order valence-corrected chi connectivity index (χ3v) is 4.46. The second kappa shape index (κ2) is 5.76. The van der Waals surface area contributed by atoms with Gasteiger partial charge in [0.1, 0.15) is 5.75 Å². The van der Waals surface area contributed by atoms with Crippen molar-refractivity contribution in [3.05, 3.63) is 18.2 Å². The van der Waals surface area contributed by atoms with E-state index >= 15 is 0 Å². The van der Waals surface area contributed by atoms with Crippen molar-refractivity contribution >= 4 is 0 Å². The van der Waals surface area contributed by atoms with Crippen molar-refractivity contribution in [1.29, 1.82) is 0 Å². The van der Waals surface area contributed by atoms with E-state index in [0.717, 1.165) is 42.2 Å². The molecule has 2 saturated carbocycles. The number of benzene rings is 1. The van der Waals surface area contributed by atoms with Crippen LogP contribution in [0, 0.1) is 5.92 Å². The minimum atomic E-state index is 0.316. The van der Waals surface area contributed by atoms with Gasteiger partial charge in [-0.3, -0.25) is 4.90 Å². The number of hydrogen-bond acceptors (Lipinski definition) is 4. The van der Waals surface area contributed by atoms with E-state index in [1.54, 1.807) is 0 Å². The Morgan fingerprint density at radius 3 is 2.76 bits per heavy atom. The molecule has 0 amide bonds. The smallest absolute Gasteiger partial charge is 0.231 e. The molecule has 0 saturated heterocycles. The maximum atomic E-state index is 5.84. The van der Waals surface area contributed by atoms with Crippen LogP contribution in [0.15, 0.2) is 18.2 Å². The van der Waals surface area contributed by atoms with Crippen LogP contribution < -0.4 is 14.2 Å². The fraction of sp³-hybridized carbons (Fsp3) is 0.647. The summed E-state index contributed by atoms with van der Waals surface area (Å²) in [6.45, 7) is 3.57. The molecule has 0 bridgehead atoms. The van der Waals surface area contributed by atoms with Gasteiger partial charge >= 0.3 is 0 Å². The average molecular weight is 289 g/mol. The minimum absolute atomic E-state index is 0.316. The highest BCUT2D eigenvalue weighted by molar-refractivity contribution is 5.46. The fourth-order valence-corrected chi connectivity index (χ4v) is 2.92. The van der Waals surface area contributed by atoms with E-state index in [2.05, 4.69) is 4.90 Å². The third-order valence-electron chi connectivity index (χ3n) is 4.46. The standard InChI is InChI=1S/C17H23NO3/c1(8-18(14-4-5-14)11-13-2-3-13)9-19-15-6-7-16-17(10-15)21-12-20-16/h6-7,10,13-14H,1-5,8-9,11-12H2. The molecule has 0 N–H and O–H groups in total. The first-order chi connectivity index (χ1) is 10.4. The van der Waals surface area contributed by atoms with E-state index in [1.807, 2.05) is 18.2 Å². The van der Waals surface area contributed by atoms with Crippen LogP contribution in [-0.4, -0.2) is 37.4 Å². The molecular weight excluding hydrogens is 266 g/mol.